The van der Waals surface area contributed by atoms with E-state index in [4.69, 9.17) is 71.2 Å². The number of ether oxygens (including phenoxy) is 8. The Morgan fingerprint density at radius 3 is 1.43 bits per heavy atom. The lowest BCUT2D eigenvalue weighted by molar-refractivity contribution is -0.883. The third-order valence-electron chi connectivity index (χ3n) is 15.0. The first kappa shape index (κ1) is 74.5. The quantitative estimate of drug-likeness (QED) is 0.0235. The molecule has 11 aromatic rings. The largest absolute Gasteiger partial charge is 0.496 e. The Bertz CT molecular complexity index is 4360. The molecule has 0 bridgehead atoms. The van der Waals surface area contributed by atoms with E-state index >= 15 is 0 Å². The summed E-state index contributed by atoms with van der Waals surface area (Å²) in [4.78, 5) is 37.4. The maximum absolute atomic E-state index is 10.3. The van der Waals surface area contributed by atoms with Crippen molar-refractivity contribution in [1.29, 1.82) is 0 Å². The first-order valence-electron chi connectivity index (χ1n) is 32.6. The van der Waals surface area contributed by atoms with Crippen molar-refractivity contribution in [3.8, 4) is 23.0 Å². The van der Waals surface area contributed by atoms with Crippen molar-refractivity contribution in [2.75, 3.05) is 84.8 Å². The number of rotatable bonds is 25. The zero-order valence-corrected chi connectivity index (χ0v) is 59.3. The summed E-state index contributed by atoms with van der Waals surface area (Å²) in [6, 6.07) is 23.2. The highest BCUT2D eigenvalue weighted by Gasteiger charge is 2.25. The highest BCUT2D eigenvalue weighted by Crippen LogP contribution is 2.38. The lowest BCUT2D eigenvalue weighted by Crippen LogP contribution is -2.30. The van der Waals surface area contributed by atoms with Crippen LogP contribution < -0.4 is 40.5 Å². The minimum atomic E-state index is -0.443. The summed E-state index contributed by atoms with van der Waals surface area (Å²) in [6.45, 7) is 32.5. The second-order valence-corrected chi connectivity index (χ2v) is 24.6. The van der Waals surface area contributed by atoms with Crippen molar-refractivity contribution in [3.63, 3.8) is 0 Å². The topological polar surface area (TPSA) is 271 Å². The number of nitrogens with two attached hydrogens (primary N) is 2. The standard InChI is InChI=1S/C18H24N4O2.C18H24N3O3.C18H23N3O2.C14H19N3O.C4H7ClO2/c1-5-24-10-14-21-16-17(22(14)9-11(2)3)15-12(20-18(16)19)7-6-8-13(15)23-4;1-5-24-11-16-19-13-10-21(22)14-7-6-8-15(23-4)17(14)18(13)20(16)9-12(2)3;1-5-23-11-16-20-14-9-19-13-7-6-8-15(22-4)17(13)18(14)21(16)10-12(2)3;1-9(2)7-17-14-10(15)8-16-11-5-4-6-12(18-3)13(11)14;1-2-7-3-4(5)6/h6-8,11H,5,9-10H2,1-4H3,(H2,19,20);6-8,10,12,22H,5,9,11H2,1-4H3;6-9,12H,5,10-11H2,1-4H3;4-6,8-9H,7,15H2,1-3H3,(H,16,17);2-3H2,1H3/q;+1;;;. The molecule has 6 N–H and O–H groups in total. The smallest absolute Gasteiger partial charge is 0.270 e. The van der Waals surface area contributed by atoms with Crippen LogP contribution in [0.2, 0.25) is 0 Å². The van der Waals surface area contributed by atoms with E-state index in [1.54, 1.807) is 47.8 Å². The highest BCUT2D eigenvalue weighted by atomic mass is 35.5. The average molecular weight is 1340 g/mol. The number of nitrogens with one attached hydrogen (secondary N) is 1. The number of halogens is 1. The zero-order chi connectivity index (χ0) is 69.8. The molecule has 11 rings (SSSR count). The Hall–Kier alpha value is -8.87. The summed E-state index contributed by atoms with van der Waals surface area (Å²) in [5.74, 6) is 8.18. The second-order valence-electron chi connectivity index (χ2n) is 24.2. The number of fused-ring (bicyclic) bond motifs is 10. The van der Waals surface area contributed by atoms with Crippen molar-refractivity contribution >= 4 is 111 Å². The first-order chi connectivity index (χ1) is 46.2. The molecule has 0 atom stereocenters. The van der Waals surface area contributed by atoms with Crippen molar-refractivity contribution in [1.82, 2.24) is 43.6 Å². The average Bonchev–Trinajstić information content (AvgIpc) is 1.57. The van der Waals surface area contributed by atoms with Gasteiger partial charge in [0.15, 0.2) is 11.3 Å². The van der Waals surface area contributed by atoms with Gasteiger partial charge < -0.3 is 68.4 Å². The van der Waals surface area contributed by atoms with Gasteiger partial charge in [-0.3, -0.25) is 20.0 Å². The number of hydrogen-bond donors (Lipinski definition) is 4. The van der Waals surface area contributed by atoms with Crippen molar-refractivity contribution in [2.45, 2.75) is 123 Å². The van der Waals surface area contributed by atoms with Gasteiger partial charge in [0.2, 0.25) is 5.24 Å². The molecule has 24 heteroatoms. The van der Waals surface area contributed by atoms with Crippen LogP contribution in [0.4, 0.5) is 17.2 Å². The van der Waals surface area contributed by atoms with Gasteiger partial charge in [0.25, 0.3) is 11.7 Å². The molecule has 0 aliphatic heterocycles. The third-order valence-corrected chi connectivity index (χ3v) is 15.1. The number of methoxy groups -OCH3 is 4. The number of pyridine rings is 4. The maximum atomic E-state index is 10.3. The first-order valence-corrected chi connectivity index (χ1v) is 33.0. The van der Waals surface area contributed by atoms with E-state index in [9.17, 15) is 10.0 Å². The SMILES string of the molecule is CCOCC(=O)Cl.CCOCc1nc2c(N)nc3cccc(OC)c3c2n1CC(C)C.CCOCc1nc2c[n+](O)c3cccc(OC)c3c2n1CC(C)C.CCOCc1nc2cnc3cccc(OC)c3c2n1CC(C)C.COc1cccc2ncc(N)c(NCC(C)C)c12. The molecule has 96 heavy (non-hydrogen) atoms. The molecule has 7 heterocycles. The van der Waals surface area contributed by atoms with Crippen LogP contribution in [-0.2, 0) is 63.2 Å². The van der Waals surface area contributed by atoms with Gasteiger partial charge in [0.1, 0.15) is 83.3 Å². The van der Waals surface area contributed by atoms with Gasteiger partial charge in [0, 0.05) is 63.4 Å². The van der Waals surface area contributed by atoms with Crippen LogP contribution in [0.5, 0.6) is 23.0 Å². The fourth-order valence-electron chi connectivity index (χ4n) is 11.0. The Morgan fingerprint density at radius 2 is 0.948 bits per heavy atom. The number of benzene rings is 4. The molecule has 23 nitrogen and oxygen atoms in total. The van der Waals surface area contributed by atoms with E-state index in [1.165, 1.54) is 0 Å². The highest BCUT2D eigenvalue weighted by molar-refractivity contribution is 6.63. The molecule has 516 valence electrons. The Labute approximate surface area is 567 Å². The number of imidazole rings is 3. The number of carbonyl (C=O) groups excluding carboxylic acids is 1. The number of hydrogen-bond acceptors (Lipinski definition) is 19. The van der Waals surface area contributed by atoms with Gasteiger partial charge in [-0.2, -0.15) is 0 Å². The van der Waals surface area contributed by atoms with Crippen LogP contribution in [0, 0.1) is 23.7 Å². The zero-order valence-electron chi connectivity index (χ0n) is 58.6. The number of nitrogens with zero attached hydrogens (tertiary/aromatic N) is 10. The Balaban J connectivity index is 0.000000175. The van der Waals surface area contributed by atoms with Crippen molar-refractivity contribution in [2.24, 2.45) is 23.7 Å². The van der Waals surface area contributed by atoms with Crippen molar-refractivity contribution in [3.05, 3.63) is 109 Å². The van der Waals surface area contributed by atoms with Gasteiger partial charge in [-0.05, 0) is 105 Å². The van der Waals surface area contributed by atoms with Crippen LogP contribution in [0.25, 0.3) is 76.7 Å². The Kier molecular flexibility index (Phi) is 27.8. The molecule has 0 unspecified atom stereocenters. The monoisotopic (exact) mass is 1340 g/mol. The lowest BCUT2D eigenvalue weighted by Gasteiger charge is -2.15. The van der Waals surface area contributed by atoms with Crippen LogP contribution in [-0.4, -0.2) is 122 Å². The van der Waals surface area contributed by atoms with Crippen LogP contribution in [0.1, 0.15) is 101 Å². The number of carbonyl (C=O) groups is 1. The molecular formula is C72H97ClN13O10+. The number of anilines is 3. The van der Waals surface area contributed by atoms with Gasteiger partial charge in [-0.1, -0.05) is 79.7 Å². The summed E-state index contributed by atoms with van der Waals surface area (Å²) in [5.41, 5.74) is 22.4. The normalized spacial score (nSPS) is 11.3. The predicted octanol–water partition coefficient (Wildman–Crippen LogP) is 13.8. The van der Waals surface area contributed by atoms with Crippen LogP contribution >= 0.6 is 11.6 Å². The molecule has 0 aliphatic carbocycles. The van der Waals surface area contributed by atoms with E-state index in [0.29, 0.717) is 98.2 Å². The van der Waals surface area contributed by atoms with E-state index in [-0.39, 0.29) is 6.61 Å². The van der Waals surface area contributed by atoms with Gasteiger partial charge in [-0.15, -0.1) is 0 Å². The molecule has 0 radical (unpaired) electrons. The van der Waals surface area contributed by atoms with Gasteiger partial charge in [0.05, 0.1) is 101 Å². The van der Waals surface area contributed by atoms with E-state index in [2.05, 4.69) is 94.1 Å². The van der Waals surface area contributed by atoms with Gasteiger partial charge >= 0.3 is 0 Å². The fourth-order valence-corrected chi connectivity index (χ4v) is 11.1. The minimum absolute atomic E-state index is 0.0258. The summed E-state index contributed by atoms with van der Waals surface area (Å²) in [6.07, 6.45) is 5.16. The van der Waals surface area contributed by atoms with E-state index < -0.39 is 5.24 Å². The fraction of sp³-hybridized carbons (Fsp3) is 0.444. The maximum Gasteiger partial charge on any atom is 0.270 e. The molecule has 0 saturated heterocycles. The number of aromatic nitrogens is 10. The Morgan fingerprint density at radius 1 is 0.521 bits per heavy atom. The third kappa shape index (κ3) is 18.2. The summed E-state index contributed by atoms with van der Waals surface area (Å²) < 4.78 is 51.2. The summed E-state index contributed by atoms with van der Waals surface area (Å²) in [7, 11) is 6.66. The molecule has 0 aliphatic rings. The molecule has 0 spiro atoms. The summed E-state index contributed by atoms with van der Waals surface area (Å²) >= 11 is 4.89. The van der Waals surface area contributed by atoms with Crippen LogP contribution in [0.3, 0.4) is 0 Å². The number of nitrogen functional groups attached to an aromatic ring is 2. The summed E-state index contributed by atoms with van der Waals surface area (Å²) in [5, 5.41) is 17.0. The minimum Gasteiger partial charge on any atom is -0.496 e. The van der Waals surface area contributed by atoms with Crippen LogP contribution in [0.15, 0.2) is 91.4 Å². The molecule has 0 saturated carbocycles. The molecule has 0 amide bonds. The lowest BCUT2D eigenvalue weighted by atomic mass is 10.1. The van der Waals surface area contributed by atoms with Crippen molar-refractivity contribution < 1.29 is 52.6 Å². The van der Waals surface area contributed by atoms with Gasteiger partial charge in [-0.25, -0.2) is 19.9 Å². The molecule has 7 aromatic heterocycles. The molecular weight excluding hydrogens is 1240 g/mol. The van der Waals surface area contributed by atoms with E-state index in [0.717, 1.165) is 137 Å². The molecule has 4 aromatic carbocycles. The second kappa shape index (κ2) is 35.8. The molecule has 0 fully saturated rings. The predicted molar refractivity (Wildman–Crippen MR) is 383 cm³/mol. The van der Waals surface area contributed by atoms with E-state index in [1.807, 2.05) is 99.8 Å².